The van der Waals surface area contributed by atoms with Crippen molar-refractivity contribution < 1.29 is 14.4 Å². The fourth-order valence-electron chi connectivity index (χ4n) is 2.18. The second kappa shape index (κ2) is 8.56. The minimum atomic E-state index is -0.507. The van der Waals surface area contributed by atoms with Gasteiger partial charge in [0, 0.05) is 22.7 Å². The highest BCUT2D eigenvalue weighted by molar-refractivity contribution is 7.18. The summed E-state index contributed by atoms with van der Waals surface area (Å²) in [5.41, 5.74) is 1.59. The van der Waals surface area contributed by atoms with Crippen molar-refractivity contribution >= 4 is 45.4 Å². The first-order valence-corrected chi connectivity index (χ1v) is 9.93. The molecule has 0 radical (unpaired) electrons. The number of rotatable bonds is 5. The zero-order chi connectivity index (χ0) is 21.1. The van der Waals surface area contributed by atoms with Gasteiger partial charge in [-0.1, -0.05) is 34.6 Å². The predicted octanol–water partition coefficient (Wildman–Crippen LogP) is 4.89. The topological polar surface area (TPSA) is 87.3 Å². The third-order valence-corrected chi connectivity index (χ3v) is 5.13. The highest BCUT2D eigenvalue weighted by Crippen LogP contribution is 2.29. The first-order valence-electron chi connectivity index (χ1n) is 9.11. The molecule has 0 bridgehead atoms. The molecule has 0 spiro atoms. The molecule has 0 aliphatic heterocycles. The van der Waals surface area contributed by atoms with E-state index in [0.29, 0.717) is 21.3 Å². The smallest absolute Gasteiger partial charge is 0.266 e. The van der Waals surface area contributed by atoms with Crippen molar-refractivity contribution in [1.82, 2.24) is 0 Å². The molecule has 6 nitrogen and oxygen atoms in total. The van der Waals surface area contributed by atoms with E-state index in [-0.39, 0.29) is 23.6 Å². The SMILES string of the molecule is Cc1cc(NC(=O)C(C)(C)C)sc1C(=O)Nc1ccc(NC(=O)C(C)C)cc1. The third-order valence-electron chi connectivity index (χ3n) is 3.98. The molecule has 0 saturated carbocycles. The number of hydrogen-bond donors (Lipinski definition) is 3. The minimum Gasteiger partial charge on any atom is -0.326 e. The maximum Gasteiger partial charge on any atom is 0.266 e. The van der Waals surface area contributed by atoms with E-state index in [1.54, 1.807) is 30.3 Å². The summed E-state index contributed by atoms with van der Waals surface area (Å²) in [6.07, 6.45) is 0. The highest BCUT2D eigenvalue weighted by Gasteiger charge is 2.23. The van der Waals surface area contributed by atoms with Crippen LogP contribution in [-0.2, 0) is 9.59 Å². The summed E-state index contributed by atoms with van der Waals surface area (Å²) >= 11 is 1.25. The molecule has 7 heteroatoms. The Labute approximate surface area is 169 Å². The molecule has 28 heavy (non-hydrogen) atoms. The molecule has 2 rings (SSSR count). The first-order chi connectivity index (χ1) is 13.0. The van der Waals surface area contributed by atoms with E-state index in [4.69, 9.17) is 0 Å². The number of hydrogen-bond acceptors (Lipinski definition) is 4. The summed E-state index contributed by atoms with van der Waals surface area (Å²) in [6, 6.07) is 8.75. The number of anilines is 3. The van der Waals surface area contributed by atoms with Crippen molar-refractivity contribution in [3.8, 4) is 0 Å². The lowest BCUT2D eigenvalue weighted by atomic mass is 9.96. The summed E-state index contributed by atoms with van der Waals surface area (Å²) in [7, 11) is 0. The maximum atomic E-state index is 12.6. The second-order valence-electron chi connectivity index (χ2n) is 8.00. The average Bonchev–Trinajstić information content (AvgIpc) is 2.96. The van der Waals surface area contributed by atoms with Crippen LogP contribution in [0, 0.1) is 18.3 Å². The molecule has 0 saturated heterocycles. The number of carbonyl (C=O) groups excluding carboxylic acids is 3. The summed E-state index contributed by atoms with van der Waals surface area (Å²) in [5, 5.41) is 9.16. The molecular weight excluding hydrogens is 374 g/mol. The van der Waals surface area contributed by atoms with E-state index < -0.39 is 5.41 Å². The lowest BCUT2D eigenvalue weighted by Crippen LogP contribution is -2.27. The number of carbonyl (C=O) groups is 3. The van der Waals surface area contributed by atoms with Crippen LogP contribution in [-0.4, -0.2) is 17.7 Å². The van der Waals surface area contributed by atoms with Crippen molar-refractivity contribution in [2.45, 2.75) is 41.5 Å². The number of nitrogens with one attached hydrogen (secondary N) is 3. The third kappa shape index (κ3) is 5.66. The van der Waals surface area contributed by atoms with Gasteiger partial charge in [-0.3, -0.25) is 14.4 Å². The van der Waals surface area contributed by atoms with E-state index >= 15 is 0 Å². The van der Waals surface area contributed by atoms with Crippen LogP contribution in [0.15, 0.2) is 30.3 Å². The number of benzene rings is 1. The Hall–Kier alpha value is -2.67. The standard InChI is InChI=1S/C21H27N3O3S/c1-12(2)18(25)22-14-7-9-15(10-8-14)23-19(26)17-13(3)11-16(28-17)24-20(27)21(4,5)6/h7-12H,1-6H3,(H,22,25)(H,23,26)(H,24,27). The molecule has 1 aromatic carbocycles. The van der Waals surface area contributed by atoms with Gasteiger partial charge in [0.05, 0.1) is 9.88 Å². The van der Waals surface area contributed by atoms with Gasteiger partial charge in [0.1, 0.15) is 0 Å². The fraction of sp³-hybridized carbons (Fsp3) is 0.381. The zero-order valence-corrected chi connectivity index (χ0v) is 17.9. The average molecular weight is 402 g/mol. The Balaban J connectivity index is 2.05. The van der Waals surface area contributed by atoms with Crippen LogP contribution in [0.5, 0.6) is 0 Å². The predicted molar refractivity (Wildman–Crippen MR) is 115 cm³/mol. The molecule has 150 valence electrons. The van der Waals surface area contributed by atoms with Crippen LogP contribution < -0.4 is 16.0 Å². The van der Waals surface area contributed by atoms with Gasteiger partial charge < -0.3 is 16.0 Å². The van der Waals surface area contributed by atoms with Gasteiger partial charge in [0.2, 0.25) is 11.8 Å². The first kappa shape index (κ1) is 21.6. The van der Waals surface area contributed by atoms with Crippen LogP contribution >= 0.6 is 11.3 Å². The maximum absolute atomic E-state index is 12.6. The van der Waals surface area contributed by atoms with Gasteiger partial charge in [0.15, 0.2) is 0 Å². The Kier molecular flexibility index (Phi) is 6.61. The molecule has 1 aromatic heterocycles. The van der Waals surface area contributed by atoms with Gasteiger partial charge in [-0.25, -0.2) is 0 Å². The molecule has 3 amide bonds. The number of amides is 3. The lowest BCUT2D eigenvalue weighted by molar-refractivity contribution is -0.123. The van der Waals surface area contributed by atoms with E-state index in [0.717, 1.165) is 5.56 Å². The monoisotopic (exact) mass is 401 g/mol. The molecule has 0 aliphatic rings. The van der Waals surface area contributed by atoms with E-state index in [9.17, 15) is 14.4 Å². The van der Waals surface area contributed by atoms with Crippen LogP contribution in [0.2, 0.25) is 0 Å². The van der Waals surface area contributed by atoms with Crippen molar-refractivity contribution in [1.29, 1.82) is 0 Å². The molecule has 0 unspecified atom stereocenters. The highest BCUT2D eigenvalue weighted by atomic mass is 32.1. The Morgan fingerprint density at radius 3 is 1.96 bits per heavy atom. The number of thiophene rings is 1. The number of aryl methyl sites for hydroxylation is 1. The zero-order valence-electron chi connectivity index (χ0n) is 17.1. The van der Waals surface area contributed by atoms with Crippen LogP contribution in [0.1, 0.15) is 49.9 Å². The summed E-state index contributed by atoms with van der Waals surface area (Å²) in [5.74, 6) is -0.498. The molecule has 1 heterocycles. The normalized spacial score (nSPS) is 11.2. The Morgan fingerprint density at radius 2 is 1.46 bits per heavy atom. The largest absolute Gasteiger partial charge is 0.326 e. The van der Waals surface area contributed by atoms with E-state index in [2.05, 4.69) is 16.0 Å². The summed E-state index contributed by atoms with van der Waals surface area (Å²) < 4.78 is 0. The molecule has 2 aromatic rings. The van der Waals surface area contributed by atoms with Gasteiger partial charge in [-0.15, -0.1) is 11.3 Å². The molecule has 0 fully saturated rings. The van der Waals surface area contributed by atoms with Gasteiger partial charge in [-0.05, 0) is 42.8 Å². The quantitative estimate of drug-likeness (QED) is 0.667. The Morgan fingerprint density at radius 1 is 0.929 bits per heavy atom. The molecule has 0 atom stereocenters. The van der Waals surface area contributed by atoms with Crippen molar-refractivity contribution in [2.75, 3.05) is 16.0 Å². The molecule has 3 N–H and O–H groups in total. The second-order valence-corrected chi connectivity index (χ2v) is 9.05. The Bertz CT molecular complexity index is 877. The summed E-state index contributed by atoms with van der Waals surface area (Å²) in [6.45, 7) is 11.0. The summed E-state index contributed by atoms with van der Waals surface area (Å²) in [4.78, 5) is 37.0. The van der Waals surface area contributed by atoms with Gasteiger partial charge in [-0.2, -0.15) is 0 Å². The van der Waals surface area contributed by atoms with E-state index in [1.165, 1.54) is 11.3 Å². The molecule has 0 aliphatic carbocycles. The van der Waals surface area contributed by atoms with Gasteiger partial charge >= 0.3 is 0 Å². The van der Waals surface area contributed by atoms with Gasteiger partial charge in [0.25, 0.3) is 5.91 Å². The van der Waals surface area contributed by atoms with Crippen molar-refractivity contribution in [3.05, 3.63) is 40.8 Å². The van der Waals surface area contributed by atoms with Crippen molar-refractivity contribution in [2.24, 2.45) is 11.3 Å². The van der Waals surface area contributed by atoms with Crippen LogP contribution in [0.25, 0.3) is 0 Å². The fourth-order valence-corrected chi connectivity index (χ4v) is 3.14. The van der Waals surface area contributed by atoms with Crippen LogP contribution in [0.4, 0.5) is 16.4 Å². The minimum absolute atomic E-state index is 0.0594. The van der Waals surface area contributed by atoms with Crippen LogP contribution in [0.3, 0.4) is 0 Å². The van der Waals surface area contributed by atoms with E-state index in [1.807, 2.05) is 41.5 Å². The lowest BCUT2D eigenvalue weighted by Gasteiger charge is -2.16. The van der Waals surface area contributed by atoms with Crippen molar-refractivity contribution in [3.63, 3.8) is 0 Å². The molecular formula is C21H27N3O3S.